The highest BCUT2D eigenvalue weighted by Gasteiger charge is 2.34. The van der Waals surface area contributed by atoms with Gasteiger partial charge < -0.3 is 34.9 Å². The van der Waals surface area contributed by atoms with Crippen LogP contribution in [0.5, 0.6) is 5.75 Å². The number of aliphatic hydroxyl groups excluding tert-OH is 1. The average molecular weight is 581 g/mol. The Balaban J connectivity index is 1.18. The van der Waals surface area contributed by atoms with E-state index in [0.717, 1.165) is 37.0 Å². The molecule has 2 aromatic carbocycles. The number of benzene rings is 2. The van der Waals surface area contributed by atoms with E-state index < -0.39 is 11.9 Å². The van der Waals surface area contributed by atoms with Gasteiger partial charge in [-0.2, -0.15) is 0 Å². The average Bonchev–Trinajstić information content (AvgIpc) is 3.50. The molecule has 1 atom stereocenters. The number of hydrogen-bond acceptors (Lipinski definition) is 7. The second-order valence-electron chi connectivity index (χ2n) is 10.6. The van der Waals surface area contributed by atoms with Crippen LogP contribution >= 0.6 is 11.6 Å². The summed E-state index contributed by atoms with van der Waals surface area (Å²) in [6.45, 7) is 2.30. The van der Waals surface area contributed by atoms with Gasteiger partial charge in [0.05, 0.1) is 21.7 Å². The standard InChI is InChI=1S/C29H30ClFN6O4/c1-36-9-6-17(7-10-36)37-14-16-11-23-24(12-19(16)29(37)40)35-27(34-23)25-22(5-8-32-28(25)39)33-13-18(38)15-41-26-20(30)3-2-4-21(26)31/h2-5,8,11-12,17-18,38H,6-7,9-10,13-15H2,1H3,(H,34,35)(H2,32,33,39)/t18-/m1/s1. The van der Waals surface area contributed by atoms with Gasteiger partial charge in [-0.25, -0.2) is 9.37 Å². The number of likely N-dealkylation sites (tertiary alicyclic amines) is 1. The fourth-order valence-electron chi connectivity index (χ4n) is 5.51. The van der Waals surface area contributed by atoms with Crippen LogP contribution in [0.15, 0.2) is 47.4 Å². The van der Waals surface area contributed by atoms with Crippen molar-refractivity contribution in [1.82, 2.24) is 24.8 Å². The summed E-state index contributed by atoms with van der Waals surface area (Å²) in [4.78, 5) is 41.0. The van der Waals surface area contributed by atoms with Crippen molar-refractivity contribution in [3.63, 3.8) is 0 Å². The molecule has 10 nitrogen and oxygen atoms in total. The summed E-state index contributed by atoms with van der Waals surface area (Å²) in [7, 11) is 2.10. The van der Waals surface area contributed by atoms with Gasteiger partial charge in [0.2, 0.25) is 0 Å². The first kappa shape index (κ1) is 27.3. The fraction of sp³-hybridized carbons (Fsp3) is 0.345. The predicted octanol–water partition coefficient (Wildman–Crippen LogP) is 3.61. The SMILES string of the molecule is CN1CCC(N2Cc3cc4[nH]c(-c5c(NC[C@@H](O)COc6c(F)cccc6Cl)cc[nH]c5=O)nc4cc3C2=O)CC1. The molecule has 0 aliphatic carbocycles. The number of piperidine rings is 1. The maximum absolute atomic E-state index is 14.0. The summed E-state index contributed by atoms with van der Waals surface area (Å²) in [5, 5.41) is 13.6. The van der Waals surface area contributed by atoms with Crippen LogP contribution in [0.1, 0.15) is 28.8 Å². The Morgan fingerprint density at radius 1 is 1.24 bits per heavy atom. The Bertz CT molecular complexity index is 1640. The molecule has 0 radical (unpaired) electrons. The number of hydrogen-bond donors (Lipinski definition) is 4. The van der Waals surface area contributed by atoms with Crippen molar-refractivity contribution in [2.75, 3.05) is 38.6 Å². The summed E-state index contributed by atoms with van der Waals surface area (Å²) in [5.74, 6) is -0.404. The van der Waals surface area contributed by atoms with Gasteiger partial charge in [-0.3, -0.25) is 9.59 Å². The van der Waals surface area contributed by atoms with E-state index >= 15 is 0 Å². The summed E-state index contributed by atoms with van der Waals surface area (Å²) in [5.41, 5.74) is 3.21. The van der Waals surface area contributed by atoms with E-state index in [0.29, 0.717) is 29.1 Å². The highest BCUT2D eigenvalue weighted by molar-refractivity contribution is 6.32. The van der Waals surface area contributed by atoms with E-state index in [1.54, 1.807) is 12.1 Å². The number of anilines is 1. The van der Waals surface area contributed by atoms with Crippen LogP contribution in [0.2, 0.25) is 5.02 Å². The van der Waals surface area contributed by atoms with Crippen molar-refractivity contribution in [2.45, 2.75) is 31.5 Å². The van der Waals surface area contributed by atoms with Crippen LogP contribution in [-0.2, 0) is 6.54 Å². The lowest BCUT2D eigenvalue weighted by molar-refractivity contribution is 0.0617. The second kappa shape index (κ2) is 11.2. The second-order valence-corrected chi connectivity index (χ2v) is 11.0. The minimum Gasteiger partial charge on any atom is -0.486 e. The number of imidazole rings is 1. The van der Waals surface area contributed by atoms with Crippen molar-refractivity contribution in [3.8, 4) is 17.1 Å². The molecule has 6 rings (SSSR count). The number of aromatic nitrogens is 3. The summed E-state index contributed by atoms with van der Waals surface area (Å²) < 4.78 is 19.3. The molecule has 41 heavy (non-hydrogen) atoms. The van der Waals surface area contributed by atoms with Gasteiger partial charge in [-0.1, -0.05) is 17.7 Å². The monoisotopic (exact) mass is 580 g/mol. The van der Waals surface area contributed by atoms with Crippen LogP contribution in [0.25, 0.3) is 22.4 Å². The molecule has 1 saturated heterocycles. The molecule has 4 N–H and O–H groups in total. The van der Waals surface area contributed by atoms with E-state index in [1.165, 1.54) is 24.4 Å². The van der Waals surface area contributed by atoms with Crippen molar-refractivity contribution in [3.05, 3.63) is 74.9 Å². The van der Waals surface area contributed by atoms with E-state index in [-0.39, 0.29) is 47.0 Å². The Morgan fingerprint density at radius 3 is 2.83 bits per heavy atom. The number of rotatable bonds is 8. The van der Waals surface area contributed by atoms with Crippen molar-refractivity contribution in [2.24, 2.45) is 0 Å². The molecule has 12 heteroatoms. The molecule has 1 amide bonds. The van der Waals surface area contributed by atoms with Gasteiger partial charge in [0.25, 0.3) is 11.5 Å². The minimum absolute atomic E-state index is 0.0122. The van der Waals surface area contributed by atoms with Gasteiger partial charge in [0, 0.05) is 30.9 Å². The zero-order valence-corrected chi connectivity index (χ0v) is 23.2. The summed E-state index contributed by atoms with van der Waals surface area (Å²) in [6, 6.07) is 9.80. The van der Waals surface area contributed by atoms with Crippen LogP contribution in [-0.4, -0.2) is 81.2 Å². The molecule has 4 aromatic rings. The lowest BCUT2D eigenvalue weighted by Gasteiger charge is -2.34. The molecule has 0 spiro atoms. The highest BCUT2D eigenvalue weighted by atomic mass is 35.5. The topological polar surface area (TPSA) is 127 Å². The first-order valence-electron chi connectivity index (χ1n) is 13.5. The molecule has 0 bridgehead atoms. The number of aromatic amines is 2. The Hall–Kier alpha value is -3.93. The minimum atomic E-state index is -1.03. The number of ether oxygens (including phenoxy) is 1. The zero-order valence-electron chi connectivity index (χ0n) is 22.4. The Labute approximate surface area is 240 Å². The third-order valence-corrected chi connectivity index (χ3v) is 8.03. The number of aliphatic hydroxyl groups is 1. The number of fused-ring (bicyclic) bond motifs is 2. The molecule has 2 aliphatic heterocycles. The third kappa shape index (κ3) is 5.40. The molecule has 214 valence electrons. The number of pyridine rings is 1. The first-order valence-corrected chi connectivity index (χ1v) is 13.9. The number of carbonyl (C=O) groups excluding carboxylic acids is 1. The summed E-state index contributed by atoms with van der Waals surface area (Å²) >= 11 is 5.98. The van der Waals surface area contributed by atoms with Crippen molar-refractivity contribution < 1.29 is 19.0 Å². The number of amides is 1. The van der Waals surface area contributed by atoms with Crippen molar-refractivity contribution in [1.29, 1.82) is 0 Å². The van der Waals surface area contributed by atoms with Gasteiger partial charge in [0.15, 0.2) is 11.6 Å². The van der Waals surface area contributed by atoms with E-state index in [9.17, 15) is 19.1 Å². The molecule has 1 fully saturated rings. The lowest BCUT2D eigenvalue weighted by atomic mass is 10.0. The Morgan fingerprint density at radius 2 is 2.05 bits per heavy atom. The van der Waals surface area contributed by atoms with Crippen molar-refractivity contribution >= 4 is 34.2 Å². The van der Waals surface area contributed by atoms with E-state index in [1.807, 2.05) is 11.0 Å². The number of H-pyrrole nitrogens is 2. The zero-order chi connectivity index (χ0) is 28.7. The van der Waals surface area contributed by atoms with Crippen LogP contribution in [0.3, 0.4) is 0 Å². The fourth-order valence-corrected chi connectivity index (χ4v) is 5.73. The molecule has 0 unspecified atom stereocenters. The maximum atomic E-state index is 14.0. The van der Waals surface area contributed by atoms with E-state index in [4.69, 9.17) is 16.3 Å². The number of halogens is 2. The molecule has 2 aromatic heterocycles. The predicted molar refractivity (Wildman–Crippen MR) is 154 cm³/mol. The number of nitrogens with zero attached hydrogens (tertiary/aromatic N) is 3. The largest absolute Gasteiger partial charge is 0.486 e. The normalized spacial score (nSPS) is 16.8. The quantitative estimate of drug-likeness (QED) is 0.251. The maximum Gasteiger partial charge on any atom is 0.261 e. The van der Waals surface area contributed by atoms with Gasteiger partial charge in [-0.15, -0.1) is 0 Å². The molecule has 0 saturated carbocycles. The molecular formula is C29H30ClFN6O4. The number of nitrogens with one attached hydrogen (secondary N) is 3. The van der Waals surface area contributed by atoms with Crippen LogP contribution in [0.4, 0.5) is 10.1 Å². The smallest absolute Gasteiger partial charge is 0.261 e. The highest BCUT2D eigenvalue weighted by Crippen LogP contribution is 2.33. The van der Waals surface area contributed by atoms with E-state index in [2.05, 4.69) is 32.2 Å². The first-order chi connectivity index (χ1) is 19.8. The summed E-state index contributed by atoms with van der Waals surface area (Å²) in [6.07, 6.45) is 2.38. The molecule has 2 aliphatic rings. The third-order valence-electron chi connectivity index (χ3n) is 7.73. The molecule has 4 heterocycles. The number of para-hydroxylation sites is 1. The number of carbonyl (C=O) groups is 1. The lowest BCUT2D eigenvalue weighted by Crippen LogP contribution is -2.43. The van der Waals surface area contributed by atoms with Crippen LogP contribution < -0.4 is 15.6 Å². The van der Waals surface area contributed by atoms with Gasteiger partial charge in [0.1, 0.15) is 24.1 Å². The van der Waals surface area contributed by atoms with Crippen LogP contribution in [0, 0.1) is 5.82 Å². The van der Waals surface area contributed by atoms with Gasteiger partial charge >= 0.3 is 0 Å². The molecular weight excluding hydrogens is 551 g/mol. The van der Waals surface area contributed by atoms with Gasteiger partial charge in [-0.05, 0) is 68.9 Å². The Kier molecular flexibility index (Phi) is 7.41.